The highest BCUT2D eigenvalue weighted by atomic mass is 16.7. The van der Waals surface area contributed by atoms with Crippen molar-refractivity contribution in [2.45, 2.75) is 6.92 Å². The van der Waals surface area contributed by atoms with Gasteiger partial charge in [0.25, 0.3) is 0 Å². The van der Waals surface area contributed by atoms with E-state index in [0.717, 1.165) is 5.56 Å². The summed E-state index contributed by atoms with van der Waals surface area (Å²) in [7, 11) is 3.19. The summed E-state index contributed by atoms with van der Waals surface area (Å²) in [5, 5.41) is 0. The Bertz CT molecular complexity index is 992. The van der Waals surface area contributed by atoms with Crippen LogP contribution in [0, 0.1) is 6.92 Å². The lowest BCUT2D eigenvalue weighted by Crippen LogP contribution is -2.25. The van der Waals surface area contributed by atoms with E-state index >= 15 is 0 Å². The number of benzene rings is 2. The number of carbonyl (C=O) groups excluding carboxylic acids is 2. The zero-order chi connectivity index (χ0) is 19.1. The standard InChI is InChI=1S/C20H17NO6/c1-11-14(27-20(23)21(2)3)7-5-13-18(22)17(26-19(11)13)9-12-4-6-15-16(8-12)25-10-24-15/h4-9H,10H2,1-3H3. The molecule has 0 unspecified atom stereocenters. The molecule has 0 aromatic heterocycles. The lowest BCUT2D eigenvalue weighted by Gasteiger charge is -2.13. The Morgan fingerprint density at radius 1 is 1.15 bits per heavy atom. The Balaban J connectivity index is 1.64. The van der Waals surface area contributed by atoms with E-state index in [2.05, 4.69) is 0 Å². The van der Waals surface area contributed by atoms with E-state index in [1.807, 2.05) is 6.07 Å². The molecule has 0 saturated carbocycles. The molecular weight excluding hydrogens is 350 g/mol. The van der Waals surface area contributed by atoms with Gasteiger partial charge in [-0.1, -0.05) is 6.07 Å². The molecule has 0 fully saturated rings. The number of fused-ring (bicyclic) bond motifs is 2. The summed E-state index contributed by atoms with van der Waals surface area (Å²) in [5.74, 6) is 2.02. The van der Waals surface area contributed by atoms with E-state index in [0.29, 0.717) is 34.1 Å². The monoisotopic (exact) mass is 367 g/mol. The Morgan fingerprint density at radius 2 is 1.93 bits per heavy atom. The maximum atomic E-state index is 12.7. The van der Waals surface area contributed by atoms with Crippen LogP contribution in [-0.2, 0) is 0 Å². The van der Waals surface area contributed by atoms with Crippen molar-refractivity contribution in [1.29, 1.82) is 0 Å². The zero-order valence-corrected chi connectivity index (χ0v) is 15.1. The minimum atomic E-state index is -0.501. The summed E-state index contributed by atoms with van der Waals surface area (Å²) in [6, 6.07) is 8.58. The van der Waals surface area contributed by atoms with Crippen LogP contribution in [0.25, 0.3) is 6.08 Å². The predicted octanol–water partition coefficient (Wildman–Crippen LogP) is 3.40. The largest absolute Gasteiger partial charge is 0.454 e. The van der Waals surface area contributed by atoms with Crippen molar-refractivity contribution in [3.05, 3.63) is 52.8 Å². The van der Waals surface area contributed by atoms with E-state index in [-0.39, 0.29) is 18.3 Å². The number of amides is 1. The molecule has 0 atom stereocenters. The van der Waals surface area contributed by atoms with Crippen LogP contribution in [0.15, 0.2) is 36.1 Å². The van der Waals surface area contributed by atoms with Gasteiger partial charge >= 0.3 is 6.09 Å². The summed E-state index contributed by atoms with van der Waals surface area (Å²) >= 11 is 0. The molecule has 0 saturated heterocycles. The van der Waals surface area contributed by atoms with E-state index in [9.17, 15) is 9.59 Å². The first-order chi connectivity index (χ1) is 12.9. The van der Waals surface area contributed by atoms with Crippen molar-refractivity contribution in [3.8, 4) is 23.0 Å². The summed E-state index contributed by atoms with van der Waals surface area (Å²) in [6.07, 6.45) is 1.15. The first-order valence-corrected chi connectivity index (χ1v) is 8.30. The van der Waals surface area contributed by atoms with Crippen LogP contribution in [0.4, 0.5) is 4.79 Å². The first-order valence-electron chi connectivity index (χ1n) is 8.30. The van der Waals surface area contributed by atoms with Gasteiger partial charge in [-0.3, -0.25) is 4.79 Å². The number of allylic oxidation sites excluding steroid dienone is 1. The van der Waals surface area contributed by atoms with Crippen LogP contribution in [0.5, 0.6) is 23.0 Å². The molecule has 7 nitrogen and oxygen atoms in total. The summed E-state index contributed by atoms with van der Waals surface area (Å²) in [4.78, 5) is 25.8. The molecule has 0 radical (unpaired) electrons. The fraction of sp³-hybridized carbons (Fsp3) is 0.200. The number of Topliss-reactive ketones (excluding diaryl/α,β-unsaturated/α-hetero) is 1. The number of hydrogen-bond acceptors (Lipinski definition) is 6. The molecule has 2 aliphatic rings. The van der Waals surface area contributed by atoms with Gasteiger partial charge < -0.3 is 23.8 Å². The molecule has 1 amide bonds. The number of nitrogens with zero attached hydrogens (tertiary/aromatic N) is 1. The predicted molar refractivity (Wildman–Crippen MR) is 96.4 cm³/mol. The summed E-state index contributed by atoms with van der Waals surface area (Å²) in [6.45, 7) is 1.93. The average molecular weight is 367 g/mol. The van der Waals surface area contributed by atoms with E-state index in [1.165, 1.54) is 4.90 Å². The molecule has 4 rings (SSSR count). The minimum Gasteiger partial charge on any atom is -0.454 e. The second-order valence-corrected chi connectivity index (χ2v) is 6.38. The van der Waals surface area contributed by atoms with Crippen LogP contribution in [0.1, 0.15) is 21.5 Å². The highest BCUT2D eigenvalue weighted by Gasteiger charge is 2.30. The van der Waals surface area contributed by atoms with Gasteiger partial charge in [0.15, 0.2) is 17.3 Å². The van der Waals surface area contributed by atoms with Gasteiger partial charge in [0.05, 0.1) is 5.56 Å². The highest BCUT2D eigenvalue weighted by Crippen LogP contribution is 2.40. The maximum Gasteiger partial charge on any atom is 0.414 e. The Kier molecular flexibility index (Phi) is 3.99. The number of hydrogen-bond donors (Lipinski definition) is 0. The summed E-state index contributed by atoms with van der Waals surface area (Å²) < 4.78 is 21.7. The molecule has 2 aromatic carbocycles. The second kappa shape index (κ2) is 6.35. The molecule has 2 aromatic rings. The van der Waals surface area contributed by atoms with Gasteiger partial charge in [-0.25, -0.2) is 4.79 Å². The van der Waals surface area contributed by atoms with E-state index in [4.69, 9.17) is 18.9 Å². The SMILES string of the molecule is Cc1c(OC(=O)N(C)C)ccc2c1OC(=Cc1ccc3c(c1)OCO3)C2=O. The minimum absolute atomic E-state index is 0.184. The molecule has 0 spiro atoms. The number of ether oxygens (including phenoxy) is 4. The third kappa shape index (κ3) is 2.97. The molecule has 0 N–H and O–H groups in total. The number of ketones is 1. The van der Waals surface area contributed by atoms with Crippen LogP contribution in [0.2, 0.25) is 0 Å². The number of rotatable bonds is 2. The summed E-state index contributed by atoms with van der Waals surface area (Å²) in [5.41, 5.74) is 1.78. The van der Waals surface area contributed by atoms with Crippen molar-refractivity contribution in [1.82, 2.24) is 4.90 Å². The van der Waals surface area contributed by atoms with Crippen molar-refractivity contribution in [2.75, 3.05) is 20.9 Å². The average Bonchev–Trinajstić information content (AvgIpc) is 3.22. The van der Waals surface area contributed by atoms with Crippen molar-refractivity contribution >= 4 is 18.0 Å². The normalized spacial score (nSPS) is 15.5. The van der Waals surface area contributed by atoms with Crippen molar-refractivity contribution in [2.24, 2.45) is 0 Å². The fourth-order valence-corrected chi connectivity index (χ4v) is 2.82. The van der Waals surface area contributed by atoms with Gasteiger partial charge in [0, 0.05) is 19.7 Å². The molecule has 138 valence electrons. The molecule has 2 heterocycles. The molecule has 0 aliphatic carbocycles. The quantitative estimate of drug-likeness (QED) is 0.758. The van der Waals surface area contributed by atoms with Crippen LogP contribution in [0.3, 0.4) is 0 Å². The molecule has 0 bridgehead atoms. The van der Waals surface area contributed by atoms with Crippen LogP contribution in [-0.4, -0.2) is 37.7 Å². The van der Waals surface area contributed by atoms with E-state index in [1.54, 1.807) is 51.4 Å². The molecule has 7 heteroatoms. The number of carbonyl (C=O) groups is 2. The Hall–Kier alpha value is -3.48. The van der Waals surface area contributed by atoms with Crippen LogP contribution < -0.4 is 18.9 Å². The van der Waals surface area contributed by atoms with Crippen molar-refractivity contribution < 1.29 is 28.5 Å². The Labute approximate surface area is 155 Å². The molecule has 27 heavy (non-hydrogen) atoms. The van der Waals surface area contributed by atoms with Crippen molar-refractivity contribution in [3.63, 3.8) is 0 Å². The van der Waals surface area contributed by atoms with Gasteiger partial charge in [0.1, 0.15) is 11.5 Å². The lowest BCUT2D eigenvalue weighted by atomic mass is 10.1. The maximum absolute atomic E-state index is 12.7. The second-order valence-electron chi connectivity index (χ2n) is 6.38. The fourth-order valence-electron chi connectivity index (χ4n) is 2.82. The topological polar surface area (TPSA) is 74.3 Å². The third-order valence-electron chi connectivity index (χ3n) is 4.29. The van der Waals surface area contributed by atoms with Gasteiger partial charge in [-0.05, 0) is 42.8 Å². The zero-order valence-electron chi connectivity index (χ0n) is 15.1. The highest BCUT2D eigenvalue weighted by molar-refractivity contribution is 6.15. The van der Waals surface area contributed by atoms with Crippen LogP contribution >= 0.6 is 0 Å². The van der Waals surface area contributed by atoms with Gasteiger partial charge in [-0.15, -0.1) is 0 Å². The smallest absolute Gasteiger partial charge is 0.414 e. The van der Waals surface area contributed by atoms with Gasteiger partial charge in [-0.2, -0.15) is 0 Å². The third-order valence-corrected chi connectivity index (χ3v) is 4.29. The molecule has 2 aliphatic heterocycles. The first kappa shape index (κ1) is 17.0. The Morgan fingerprint density at radius 3 is 2.70 bits per heavy atom. The molecular formula is C20H17NO6. The van der Waals surface area contributed by atoms with E-state index < -0.39 is 6.09 Å². The lowest BCUT2D eigenvalue weighted by molar-refractivity contribution is 0.101. The van der Waals surface area contributed by atoms with Gasteiger partial charge in [0.2, 0.25) is 12.6 Å².